The predicted molar refractivity (Wildman–Crippen MR) is 63.0 cm³/mol. The van der Waals surface area contributed by atoms with E-state index < -0.39 is 5.97 Å². The monoisotopic (exact) mass is 268 g/mol. The molecule has 0 amide bonds. The van der Waals surface area contributed by atoms with Crippen molar-refractivity contribution in [1.82, 2.24) is 10.2 Å². The van der Waals surface area contributed by atoms with Crippen LogP contribution in [0.4, 0.5) is 0 Å². The Kier molecular flexibility index (Phi) is 5.53. The molecule has 0 spiro atoms. The lowest BCUT2D eigenvalue weighted by molar-refractivity contribution is -0.133. The molecule has 0 saturated heterocycles. The van der Waals surface area contributed by atoms with Gasteiger partial charge in [0.1, 0.15) is 0 Å². The third-order valence-corrected chi connectivity index (χ3v) is 4.53. The molecule has 1 aromatic heterocycles. The fourth-order valence-electron chi connectivity index (χ4n) is 0.625. The normalized spacial score (nSPS) is 10.3. The number of H-pyrrole nitrogens is 1. The number of aromatic nitrogens is 2. The van der Waals surface area contributed by atoms with Crippen LogP contribution in [0.5, 0.6) is 0 Å². The van der Waals surface area contributed by atoms with Gasteiger partial charge in [-0.2, -0.15) is 5.10 Å². The first kappa shape index (κ1) is 12.0. The van der Waals surface area contributed by atoms with Gasteiger partial charge in [-0.25, -0.2) is 0 Å². The lowest BCUT2D eigenvalue weighted by atomic mass is 10.8. The molecule has 2 N–H and O–H groups in total. The number of nitrogens with zero attached hydrogens (tertiary/aromatic N) is 1. The molecule has 0 radical (unpaired) electrons. The summed E-state index contributed by atoms with van der Waals surface area (Å²) in [6, 6.07) is 0. The van der Waals surface area contributed by atoms with Crippen LogP contribution in [0.15, 0.2) is 4.34 Å². The van der Waals surface area contributed by atoms with E-state index in [1.165, 1.54) is 23.1 Å². The van der Waals surface area contributed by atoms with Gasteiger partial charge < -0.3 is 5.11 Å². The Morgan fingerprint density at radius 2 is 2.43 bits per heavy atom. The number of carboxylic acid groups (broad SMARTS) is 1. The van der Waals surface area contributed by atoms with E-state index in [0.29, 0.717) is 3.95 Å². The molecule has 78 valence electrons. The Morgan fingerprint density at radius 1 is 1.64 bits per heavy atom. The van der Waals surface area contributed by atoms with Crippen molar-refractivity contribution in [3.05, 3.63) is 3.95 Å². The van der Waals surface area contributed by atoms with Crippen LogP contribution in [0.3, 0.4) is 0 Å². The number of aromatic amines is 1. The summed E-state index contributed by atoms with van der Waals surface area (Å²) in [7, 11) is 0. The molecule has 1 rings (SSSR count). The van der Waals surface area contributed by atoms with Crippen molar-refractivity contribution in [3.8, 4) is 0 Å². The first-order valence-corrected chi connectivity index (χ1v) is 7.03. The Hall–Kier alpha value is -0.0500. The number of rotatable bonds is 6. The van der Waals surface area contributed by atoms with Crippen molar-refractivity contribution in [2.24, 2.45) is 0 Å². The zero-order valence-corrected chi connectivity index (χ0v) is 10.3. The van der Waals surface area contributed by atoms with E-state index >= 15 is 0 Å². The van der Waals surface area contributed by atoms with Gasteiger partial charge in [-0.15, -0.1) is 11.8 Å². The highest BCUT2D eigenvalue weighted by molar-refractivity contribution is 8.04. The minimum Gasteiger partial charge on any atom is -0.481 e. The molecule has 0 aliphatic heterocycles. The van der Waals surface area contributed by atoms with Gasteiger partial charge in [0, 0.05) is 11.5 Å². The van der Waals surface area contributed by atoms with E-state index in [0.717, 1.165) is 15.8 Å². The van der Waals surface area contributed by atoms with E-state index in [9.17, 15) is 4.79 Å². The molecule has 0 saturated carbocycles. The van der Waals surface area contributed by atoms with Crippen molar-refractivity contribution in [2.75, 3.05) is 17.3 Å². The van der Waals surface area contributed by atoms with Gasteiger partial charge in [-0.3, -0.25) is 9.89 Å². The van der Waals surface area contributed by atoms with Crippen LogP contribution in [0, 0.1) is 3.95 Å². The highest BCUT2D eigenvalue weighted by atomic mass is 32.2. The summed E-state index contributed by atoms with van der Waals surface area (Å²) in [4.78, 5) is 10.2. The zero-order chi connectivity index (χ0) is 10.4. The van der Waals surface area contributed by atoms with Gasteiger partial charge in [-0.1, -0.05) is 23.1 Å². The fourth-order valence-corrected chi connectivity index (χ4v) is 3.55. The van der Waals surface area contributed by atoms with E-state index in [2.05, 4.69) is 10.2 Å². The number of hydrogen-bond acceptors (Lipinski definition) is 6. The third kappa shape index (κ3) is 4.99. The summed E-state index contributed by atoms with van der Waals surface area (Å²) >= 11 is 9.31. The maximum absolute atomic E-state index is 10.2. The number of hydrogen-bond donors (Lipinski definition) is 2. The Morgan fingerprint density at radius 3 is 3.00 bits per heavy atom. The molecule has 1 aromatic rings. The average Bonchev–Trinajstić information content (AvgIpc) is 2.50. The Labute approximate surface area is 98.5 Å². The van der Waals surface area contributed by atoms with Crippen molar-refractivity contribution in [1.29, 1.82) is 0 Å². The lowest BCUT2D eigenvalue weighted by Gasteiger charge is -1.95. The predicted octanol–water partition coefficient (Wildman–Crippen LogP) is 2.11. The second-order valence-corrected chi connectivity index (χ2v) is 6.29. The maximum atomic E-state index is 10.2. The Bertz CT molecular complexity index is 348. The first-order chi connectivity index (χ1) is 6.68. The molecule has 0 aliphatic carbocycles. The summed E-state index contributed by atoms with van der Waals surface area (Å²) in [5, 5.41) is 15.0. The van der Waals surface area contributed by atoms with Gasteiger partial charge in [0.15, 0.2) is 8.29 Å². The van der Waals surface area contributed by atoms with Crippen LogP contribution in [-0.4, -0.2) is 38.5 Å². The highest BCUT2D eigenvalue weighted by Gasteiger charge is 2.00. The summed E-state index contributed by atoms with van der Waals surface area (Å²) in [5.74, 6) is 1.06. The average molecular weight is 268 g/mol. The van der Waals surface area contributed by atoms with Crippen LogP contribution in [-0.2, 0) is 4.79 Å². The van der Waals surface area contributed by atoms with Crippen molar-refractivity contribution < 1.29 is 9.90 Å². The number of nitrogens with one attached hydrogen (secondary N) is 1. The molecule has 14 heavy (non-hydrogen) atoms. The van der Waals surface area contributed by atoms with E-state index in [1.54, 1.807) is 11.8 Å². The molecule has 1 heterocycles. The molecule has 0 fully saturated rings. The summed E-state index contributed by atoms with van der Waals surface area (Å²) in [6.45, 7) is 0. The zero-order valence-electron chi connectivity index (χ0n) is 7.06. The first-order valence-electron chi connectivity index (χ1n) is 3.66. The minimum absolute atomic E-state index is 0.164. The smallest absolute Gasteiger partial charge is 0.313 e. The number of thioether (sulfide) groups is 2. The van der Waals surface area contributed by atoms with Gasteiger partial charge in [0.05, 0.1) is 5.75 Å². The quantitative estimate of drug-likeness (QED) is 0.468. The van der Waals surface area contributed by atoms with Crippen LogP contribution in [0.1, 0.15) is 0 Å². The topological polar surface area (TPSA) is 66.0 Å². The summed E-state index contributed by atoms with van der Waals surface area (Å²) < 4.78 is 1.58. The van der Waals surface area contributed by atoms with Crippen LogP contribution < -0.4 is 0 Å². The second kappa shape index (κ2) is 6.44. The molecular weight excluding hydrogens is 260 g/mol. The largest absolute Gasteiger partial charge is 0.481 e. The molecule has 0 aliphatic rings. The number of carbonyl (C=O) groups is 1. The fraction of sp³-hybridized carbons (Fsp3) is 0.500. The van der Waals surface area contributed by atoms with E-state index in [-0.39, 0.29) is 5.75 Å². The second-order valence-electron chi connectivity index (χ2n) is 2.17. The van der Waals surface area contributed by atoms with Crippen LogP contribution >= 0.6 is 47.1 Å². The molecule has 0 bridgehead atoms. The minimum atomic E-state index is -0.768. The lowest BCUT2D eigenvalue weighted by Crippen LogP contribution is -1.99. The van der Waals surface area contributed by atoms with Gasteiger partial charge in [0.25, 0.3) is 0 Å². The molecule has 8 heteroatoms. The standard InChI is InChI=1S/C6H8N2O2S4/c9-4(10)3-12-1-2-13-6-8-7-5(11)14-6/h1-3H2,(H,7,11)(H,9,10). The molecule has 0 unspecified atom stereocenters. The van der Waals surface area contributed by atoms with Gasteiger partial charge in [-0.05, 0) is 12.2 Å². The molecular formula is C6H8N2O2S4. The van der Waals surface area contributed by atoms with E-state index in [1.807, 2.05) is 0 Å². The van der Waals surface area contributed by atoms with Crippen molar-refractivity contribution >= 4 is 53.0 Å². The Balaban J connectivity index is 2.10. The van der Waals surface area contributed by atoms with Crippen LogP contribution in [0.2, 0.25) is 0 Å². The maximum Gasteiger partial charge on any atom is 0.313 e. The van der Waals surface area contributed by atoms with Crippen molar-refractivity contribution in [2.45, 2.75) is 4.34 Å². The molecule has 4 nitrogen and oxygen atoms in total. The third-order valence-electron chi connectivity index (χ3n) is 1.10. The summed E-state index contributed by atoms with van der Waals surface area (Å²) in [6.07, 6.45) is 0. The van der Waals surface area contributed by atoms with E-state index in [4.69, 9.17) is 17.3 Å². The van der Waals surface area contributed by atoms with Crippen molar-refractivity contribution in [3.63, 3.8) is 0 Å². The highest BCUT2D eigenvalue weighted by Crippen LogP contribution is 2.20. The van der Waals surface area contributed by atoms with Gasteiger partial charge in [0.2, 0.25) is 0 Å². The number of aliphatic carboxylic acids is 1. The SMILES string of the molecule is O=C(O)CSCCSc1n[nH]c(=S)s1. The molecule has 0 atom stereocenters. The van der Waals surface area contributed by atoms with Crippen LogP contribution in [0.25, 0.3) is 0 Å². The number of carboxylic acids is 1. The van der Waals surface area contributed by atoms with Gasteiger partial charge >= 0.3 is 5.97 Å². The summed E-state index contributed by atoms with van der Waals surface area (Å²) in [5.41, 5.74) is 0. The molecule has 0 aromatic carbocycles.